The number of phosphoric ester groups is 1. The molecule has 0 spiro atoms. The van der Waals surface area contributed by atoms with Gasteiger partial charge in [0.05, 0.1) is 13.2 Å². The van der Waals surface area contributed by atoms with Crippen molar-refractivity contribution in [3.63, 3.8) is 0 Å². The van der Waals surface area contributed by atoms with Crippen LogP contribution in [0, 0.1) is 0 Å². The topological polar surface area (TPSA) is 74.2 Å². The van der Waals surface area contributed by atoms with Gasteiger partial charge in [0.25, 0.3) is 0 Å². The molecule has 0 aromatic heterocycles. The third-order valence-electron chi connectivity index (χ3n) is 5.03. The number of rotatable bonds is 23. The van der Waals surface area contributed by atoms with Crippen LogP contribution in [0.2, 0.25) is 0 Å². The van der Waals surface area contributed by atoms with E-state index < -0.39 is 33.3 Å². The fourth-order valence-electron chi connectivity index (χ4n) is 3.26. The first-order valence-electron chi connectivity index (χ1n) is 12.0. The molecule has 0 aliphatic carbocycles. The Morgan fingerprint density at radius 1 is 0.818 bits per heavy atom. The number of ether oxygens (including phenoxy) is 2. The molecule has 0 saturated carbocycles. The van der Waals surface area contributed by atoms with Crippen molar-refractivity contribution in [2.75, 3.05) is 33.5 Å². The zero-order valence-electron chi connectivity index (χ0n) is 21.9. The molecule has 0 amide bonds. The summed E-state index contributed by atoms with van der Waals surface area (Å²) in [6, 6.07) is 0. The van der Waals surface area contributed by atoms with E-state index in [1.165, 1.54) is 70.6 Å². The fraction of sp³-hybridized carbons (Fsp3) is 1.00. The minimum Gasteiger partial charge on any atom is -1.00 e. The summed E-state index contributed by atoms with van der Waals surface area (Å²) in [5.41, 5.74) is 0. The zero-order chi connectivity index (χ0) is 24.1. The van der Waals surface area contributed by atoms with Gasteiger partial charge in [0, 0.05) is 13.7 Å². The SMILES string of the molecule is CCCCCCCCCCCCCCCCOC[C@H](COCC(F)(F)F)OP(=O)(O)OC.[H-].[Li+]. The van der Waals surface area contributed by atoms with Gasteiger partial charge in [-0.25, -0.2) is 4.57 Å². The van der Waals surface area contributed by atoms with Crippen LogP contribution in [0.3, 0.4) is 0 Å². The summed E-state index contributed by atoms with van der Waals surface area (Å²) in [5, 5.41) is 0. The van der Waals surface area contributed by atoms with Crippen LogP contribution in [-0.2, 0) is 23.1 Å². The van der Waals surface area contributed by atoms with Gasteiger partial charge >= 0.3 is 32.9 Å². The molecule has 6 nitrogen and oxygen atoms in total. The average Bonchev–Trinajstić information content (AvgIpc) is 2.72. The Bertz CT molecular complexity index is 478. The second-order valence-corrected chi connectivity index (χ2v) is 9.69. The molecule has 0 aliphatic rings. The summed E-state index contributed by atoms with van der Waals surface area (Å²) in [5.74, 6) is 0. The van der Waals surface area contributed by atoms with E-state index in [1.54, 1.807) is 0 Å². The number of alkyl halides is 3. The first kappa shape index (κ1) is 35.6. The Kier molecular flexibility index (Phi) is 24.6. The van der Waals surface area contributed by atoms with Gasteiger partial charge < -0.3 is 15.8 Å². The number of hydrogen-bond donors (Lipinski definition) is 1. The van der Waals surface area contributed by atoms with Crippen molar-refractivity contribution >= 4 is 7.82 Å². The minimum atomic E-state index is -4.48. The molecule has 0 fully saturated rings. The molecule has 196 valence electrons. The zero-order valence-corrected chi connectivity index (χ0v) is 21.8. The molecule has 1 N–H and O–H groups in total. The van der Waals surface area contributed by atoms with Crippen molar-refractivity contribution in [2.24, 2.45) is 0 Å². The number of phosphoric acid groups is 1. The summed E-state index contributed by atoms with van der Waals surface area (Å²) < 4.78 is 67.1. The van der Waals surface area contributed by atoms with Crippen molar-refractivity contribution < 1.29 is 61.4 Å². The quantitative estimate of drug-likeness (QED) is 0.128. The maximum Gasteiger partial charge on any atom is 1.00 e. The molecule has 2 atom stereocenters. The molecule has 0 aromatic rings. The summed E-state index contributed by atoms with van der Waals surface area (Å²) in [6.07, 6.45) is 11.8. The van der Waals surface area contributed by atoms with Crippen molar-refractivity contribution in [2.45, 2.75) is 109 Å². The van der Waals surface area contributed by atoms with Gasteiger partial charge in [-0.05, 0) is 6.42 Å². The van der Waals surface area contributed by atoms with E-state index in [0.717, 1.165) is 26.4 Å². The Hall–Kier alpha value is 0.417. The van der Waals surface area contributed by atoms with Crippen LogP contribution in [0.15, 0.2) is 0 Å². The molecular formula is C22H45F3LiO6P. The smallest absolute Gasteiger partial charge is 1.00 e. The normalized spacial score (nSPS) is 14.6. The molecule has 0 radical (unpaired) electrons. The molecular weight excluding hydrogens is 455 g/mol. The average molecular weight is 501 g/mol. The van der Waals surface area contributed by atoms with Crippen LogP contribution in [0.4, 0.5) is 13.2 Å². The van der Waals surface area contributed by atoms with Crippen LogP contribution in [0.1, 0.15) is 98.2 Å². The van der Waals surface area contributed by atoms with Gasteiger partial charge in [0.2, 0.25) is 0 Å². The van der Waals surface area contributed by atoms with Crippen LogP contribution < -0.4 is 18.9 Å². The van der Waals surface area contributed by atoms with E-state index in [2.05, 4.69) is 16.2 Å². The van der Waals surface area contributed by atoms with E-state index in [1.807, 2.05) is 0 Å². The molecule has 0 aromatic carbocycles. The summed E-state index contributed by atoms with van der Waals surface area (Å²) in [7, 11) is -3.37. The van der Waals surface area contributed by atoms with Gasteiger partial charge in [0.1, 0.15) is 12.7 Å². The van der Waals surface area contributed by atoms with Crippen molar-refractivity contribution in [3.05, 3.63) is 0 Å². The van der Waals surface area contributed by atoms with Crippen LogP contribution in [0.5, 0.6) is 0 Å². The van der Waals surface area contributed by atoms with E-state index in [9.17, 15) is 22.6 Å². The van der Waals surface area contributed by atoms with Crippen molar-refractivity contribution in [1.29, 1.82) is 0 Å². The predicted molar refractivity (Wildman–Crippen MR) is 121 cm³/mol. The van der Waals surface area contributed by atoms with E-state index in [0.29, 0.717) is 6.61 Å². The number of hydrogen-bond acceptors (Lipinski definition) is 5. The molecule has 11 heteroatoms. The van der Waals surface area contributed by atoms with Crippen LogP contribution >= 0.6 is 7.82 Å². The maximum absolute atomic E-state index is 12.2. The van der Waals surface area contributed by atoms with E-state index in [-0.39, 0.29) is 26.9 Å². The van der Waals surface area contributed by atoms with Gasteiger partial charge in [0.15, 0.2) is 0 Å². The first-order chi connectivity index (χ1) is 15.2. The molecule has 0 rings (SSSR count). The van der Waals surface area contributed by atoms with Gasteiger partial charge in [-0.1, -0.05) is 90.4 Å². The monoisotopic (exact) mass is 500 g/mol. The van der Waals surface area contributed by atoms with E-state index >= 15 is 0 Å². The van der Waals surface area contributed by atoms with Crippen LogP contribution in [-0.4, -0.2) is 50.7 Å². The Balaban J connectivity index is -0.00000480. The third-order valence-corrected chi connectivity index (χ3v) is 6.05. The summed E-state index contributed by atoms with van der Waals surface area (Å²) >= 11 is 0. The van der Waals surface area contributed by atoms with Gasteiger partial charge in [-0.3, -0.25) is 9.05 Å². The number of halogens is 3. The predicted octanol–water partition coefficient (Wildman–Crippen LogP) is 4.31. The standard InChI is InChI=1S/C22H44F3O6P.Li.H/c1-3-4-5-6-7-8-9-10-11-12-13-14-15-16-17-29-18-21(31-32(26,27)28-2)19-30-20-22(23,24)25;;/h21H,3-20H2,1-2H3,(H,26,27);;/q;+1;-1/t21-;;/m1../s1. The summed E-state index contributed by atoms with van der Waals surface area (Å²) in [6.45, 7) is 0.505. The van der Waals surface area contributed by atoms with Gasteiger partial charge in [-0.15, -0.1) is 0 Å². The molecule has 1 unspecified atom stereocenters. The fourth-order valence-corrected chi connectivity index (χ4v) is 3.84. The Labute approximate surface area is 211 Å². The second-order valence-electron chi connectivity index (χ2n) is 8.18. The molecule has 0 heterocycles. The number of unbranched alkanes of at least 4 members (excludes halogenated alkanes) is 13. The Morgan fingerprint density at radius 3 is 1.67 bits per heavy atom. The maximum atomic E-state index is 12.2. The van der Waals surface area contributed by atoms with Crippen LogP contribution in [0.25, 0.3) is 0 Å². The molecule has 33 heavy (non-hydrogen) atoms. The van der Waals surface area contributed by atoms with Crippen molar-refractivity contribution in [1.82, 2.24) is 0 Å². The Morgan fingerprint density at radius 2 is 1.24 bits per heavy atom. The first-order valence-corrected chi connectivity index (χ1v) is 13.5. The van der Waals surface area contributed by atoms with Crippen molar-refractivity contribution in [3.8, 4) is 0 Å². The van der Waals surface area contributed by atoms with E-state index in [4.69, 9.17) is 9.26 Å². The molecule has 0 aliphatic heterocycles. The third kappa shape index (κ3) is 26.9. The molecule has 0 bridgehead atoms. The largest absolute Gasteiger partial charge is 1.00 e. The summed E-state index contributed by atoms with van der Waals surface area (Å²) in [4.78, 5) is 9.37. The van der Waals surface area contributed by atoms with Gasteiger partial charge in [-0.2, -0.15) is 13.2 Å². The minimum absolute atomic E-state index is 0. The second kappa shape index (κ2) is 22.9. The molecule has 0 saturated heterocycles.